The molecule has 5 heteroatoms. The number of aliphatic hydroxyl groups is 1. The van der Waals surface area contributed by atoms with Crippen LogP contribution in [0.1, 0.15) is 26.3 Å². The van der Waals surface area contributed by atoms with E-state index in [-0.39, 0.29) is 0 Å². The number of carbonyl (C=O) groups is 1. The van der Waals surface area contributed by atoms with Crippen LogP contribution in [0.3, 0.4) is 0 Å². The second-order valence-electron chi connectivity index (χ2n) is 6.58. The van der Waals surface area contributed by atoms with Crippen LogP contribution in [0, 0.1) is 0 Å². The minimum Gasteiger partial charge on any atom is -0.351 e. The summed E-state index contributed by atoms with van der Waals surface area (Å²) in [6, 6.07) is 13.2. The highest BCUT2D eigenvalue weighted by atomic mass is 16.6. The molecule has 4 N–H and O–H groups in total. The minimum absolute atomic E-state index is 0.388. The van der Waals surface area contributed by atoms with Gasteiger partial charge in [0, 0.05) is 0 Å². The van der Waals surface area contributed by atoms with Crippen molar-refractivity contribution in [3.8, 4) is 0 Å². The molecule has 0 aliphatic carbocycles. The molecular formula is C18H24N2O3. The molecule has 2 aromatic carbocycles. The van der Waals surface area contributed by atoms with Crippen LogP contribution in [-0.2, 0) is 16.0 Å². The molecule has 0 spiro atoms. The van der Waals surface area contributed by atoms with Crippen LogP contribution in [-0.4, -0.2) is 29.1 Å². The standard InChI is InChI=1S/C18H24N2O3/c1-18(2,3)23-17(22)20-16(21)15(19)11-12-8-9-13-6-4-5-7-14(13)10-12/h4-10,15,17,22H,11,19H2,1-3H3,(H,20,21). The minimum atomic E-state index is -1.37. The van der Waals surface area contributed by atoms with Gasteiger partial charge in [-0.2, -0.15) is 0 Å². The quantitative estimate of drug-likeness (QED) is 0.736. The molecule has 0 aliphatic rings. The van der Waals surface area contributed by atoms with E-state index in [1.165, 1.54) is 0 Å². The predicted molar refractivity (Wildman–Crippen MR) is 90.6 cm³/mol. The fourth-order valence-corrected chi connectivity index (χ4v) is 2.31. The molecule has 0 fully saturated rings. The number of rotatable bonds is 5. The Morgan fingerprint density at radius 1 is 1.22 bits per heavy atom. The van der Waals surface area contributed by atoms with Gasteiger partial charge in [-0.25, -0.2) is 0 Å². The average molecular weight is 316 g/mol. The van der Waals surface area contributed by atoms with Gasteiger partial charge in [0.25, 0.3) is 0 Å². The summed E-state index contributed by atoms with van der Waals surface area (Å²) in [6.45, 7) is 5.37. The largest absolute Gasteiger partial charge is 0.351 e. The number of fused-ring (bicyclic) bond motifs is 1. The Hall–Kier alpha value is -1.95. The molecule has 0 radical (unpaired) electrons. The zero-order valence-electron chi connectivity index (χ0n) is 13.7. The zero-order chi connectivity index (χ0) is 17.0. The maximum absolute atomic E-state index is 12.0. The van der Waals surface area contributed by atoms with Gasteiger partial charge in [0.05, 0.1) is 11.6 Å². The number of amides is 1. The molecule has 23 heavy (non-hydrogen) atoms. The number of ether oxygens (including phenoxy) is 1. The van der Waals surface area contributed by atoms with Crippen LogP contribution in [0.2, 0.25) is 0 Å². The number of carbonyl (C=O) groups excluding carboxylic acids is 1. The van der Waals surface area contributed by atoms with E-state index in [1.807, 2.05) is 42.5 Å². The van der Waals surface area contributed by atoms with E-state index in [2.05, 4.69) is 5.32 Å². The van der Waals surface area contributed by atoms with E-state index in [1.54, 1.807) is 20.8 Å². The summed E-state index contributed by atoms with van der Waals surface area (Å²) in [5.74, 6) is -0.449. The molecule has 0 aliphatic heterocycles. The van der Waals surface area contributed by atoms with E-state index in [9.17, 15) is 9.90 Å². The lowest BCUT2D eigenvalue weighted by Crippen LogP contribution is -2.49. The molecule has 124 valence electrons. The summed E-state index contributed by atoms with van der Waals surface area (Å²) in [4.78, 5) is 12.0. The summed E-state index contributed by atoms with van der Waals surface area (Å²) >= 11 is 0. The Bertz CT molecular complexity index is 679. The van der Waals surface area contributed by atoms with Gasteiger partial charge in [0.1, 0.15) is 0 Å². The van der Waals surface area contributed by atoms with Crippen LogP contribution in [0.4, 0.5) is 0 Å². The number of aliphatic hydroxyl groups excluding tert-OH is 1. The molecule has 0 bridgehead atoms. The van der Waals surface area contributed by atoms with Crippen molar-refractivity contribution in [2.75, 3.05) is 0 Å². The number of nitrogens with one attached hydrogen (secondary N) is 1. The molecule has 1 amide bonds. The first-order valence-corrected chi connectivity index (χ1v) is 7.64. The molecule has 2 aromatic rings. The van der Waals surface area contributed by atoms with Crippen molar-refractivity contribution in [1.82, 2.24) is 5.32 Å². The van der Waals surface area contributed by atoms with Crippen molar-refractivity contribution in [3.63, 3.8) is 0 Å². The third-order valence-corrected chi connectivity index (χ3v) is 3.34. The van der Waals surface area contributed by atoms with Crippen molar-refractivity contribution >= 4 is 16.7 Å². The van der Waals surface area contributed by atoms with Crippen molar-refractivity contribution in [2.24, 2.45) is 5.73 Å². The molecule has 0 aromatic heterocycles. The average Bonchev–Trinajstić information content (AvgIpc) is 2.45. The number of hydrogen-bond donors (Lipinski definition) is 3. The first-order valence-electron chi connectivity index (χ1n) is 7.64. The smallest absolute Gasteiger partial charge is 0.241 e. The van der Waals surface area contributed by atoms with Gasteiger partial charge in [-0.3, -0.25) is 4.79 Å². The highest BCUT2D eigenvalue weighted by molar-refractivity contribution is 5.84. The Balaban J connectivity index is 1.96. The number of nitrogens with two attached hydrogens (primary N) is 1. The van der Waals surface area contributed by atoms with Crippen LogP contribution in [0.25, 0.3) is 10.8 Å². The predicted octanol–water partition coefficient (Wildman–Crippen LogP) is 1.92. The molecule has 2 unspecified atom stereocenters. The highest BCUT2D eigenvalue weighted by Crippen LogP contribution is 2.16. The number of benzene rings is 2. The first kappa shape index (κ1) is 17.4. The second-order valence-corrected chi connectivity index (χ2v) is 6.58. The van der Waals surface area contributed by atoms with Gasteiger partial charge in [0.15, 0.2) is 0 Å². The maximum atomic E-state index is 12.0. The van der Waals surface area contributed by atoms with Crippen molar-refractivity contribution < 1.29 is 14.6 Å². The fourth-order valence-electron chi connectivity index (χ4n) is 2.31. The van der Waals surface area contributed by atoms with Gasteiger partial charge in [-0.05, 0) is 43.5 Å². The van der Waals surface area contributed by atoms with Gasteiger partial charge in [-0.1, -0.05) is 42.5 Å². The van der Waals surface area contributed by atoms with Crippen molar-refractivity contribution in [2.45, 2.75) is 45.2 Å². The van der Waals surface area contributed by atoms with Crippen LogP contribution < -0.4 is 11.1 Å². The third kappa shape index (κ3) is 5.32. The Kier molecular flexibility index (Phi) is 5.36. The summed E-state index contributed by atoms with van der Waals surface area (Å²) in [5.41, 5.74) is 6.34. The van der Waals surface area contributed by atoms with Crippen LogP contribution in [0.5, 0.6) is 0 Å². The Labute approximate surface area is 136 Å². The summed E-state index contributed by atoms with van der Waals surface area (Å²) in [5, 5.41) is 14.3. The summed E-state index contributed by atoms with van der Waals surface area (Å²) < 4.78 is 5.23. The fraction of sp³-hybridized carbons (Fsp3) is 0.389. The topological polar surface area (TPSA) is 84.6 Å². The molecule has 2 atom stereocenters. The molecule has 2 rings (SSSR count). The lowest BCUT2D eigenvalue weighted by molar-refractivity contribution is -0.185. The Morgan fingerprint density at radius 2 is 1.87 bits per heavy atom. The van der Waals surface area contributed by atoms with E-state index >= 15 is 0 Å². The molecule has 5 nitrogen and oxygen atoms in total. The van der Waals surface area contributed by atoms with Crippen LogP contribution in [0.15, 0.2) is 42.5 Å². The van der Waals surface area contributed by atoms with Crippen molar-refractivity contribution in [3.05, 3.63) is 48.0 Å². The van der Waals surface area contributed by atoms with Gasteiger partial charge in [0.2, 0.25) is 12.3 Å². The zero-order valence-corrected chi connectivity index (χ0v) is 13.7. The highest BCUT2D eigenvalue weighted by Gasteiger charge is 2.21. The third-order valence-electron chi connectivity index (χ3n) is 3.34. The molecule has 0 heterocycles. The van der Waals surface area contributed by atoms with Crippen LogP contribution >= 0.6 is 0 Å². The lowest BCUT2D eigenvalue weighted by atomic mass is 10.0. The Morgan fingerprint density at radius 3 is 2.52 bits per heavy atom. The molecular weight excluding hydrogens is 292 g/mol. The monoisotopic (exact) mass is 316 g/mol. The van der Waals surface area contributed by atoms with E-state index in [4.69, 9.17) is 10.5 Å². The summed E-state index contributed by atoms with van der Waals surface area (Å²) in [6.07, 6.45) is -0.982. The van der Waals surface area contributed by atoms with Gasteiger partial charge < -0.3 is 20.9 Å². The first-order chi connectivity index (χ1) is 10.7. The van der Waals surface area contributed by atoms with Gasteiger partial charge in [-0.15, -0.1) is 0 Å². The lowest BCUT2D eigenvalue weighted by Gasteiger charge is -2.25. The van der Waals surface area contributed by atoms with Crippen molar-refractivity contribution in [1.29, 1.82) is 0 Å². The van der Waals surface area contributed by atoms with E-state index < -0.39 is 24.0 Å². The van der Waals surface area contributed by atoms with E-state index in [0.717, 1.165) is 16.3 Å². The normalized spacial score (nSPS) is 14.5. The number of hydrogen-bond acceptors (Lipinski definition) is 4. The van der Waals surface area contributed by atoms with E-state index in [0.29, 0.717) is 6.42 Å². The van der Waals surface area contributed by atoms with Gasteiger partial charge >= 0.3 is 0 Å². The molecule has 0 saturated heterocycles. The summed E-state index contributed by atoms with van der Waals surface area (Å²) in [7, 11) is 0. The second kappa shape index (κ2) is 7.08. The molecule has 0 saturated carbocycles. The maximum Gasteiger partial charge on any atom is 0.241 e. The SMILES string of the molecule is CC(C)(C)OC(O)NC(=O)C(N)Cc1ccc2ccccc2c1.